The summed E-state index contributed by atoms with van der Waals surface area (Å²) >= 11 is 0. The third-order valence-corrected chi connectivity index (χ3v) is 10.1. The number of hydrogen-bond donors (Lipinski definition) is 3. The third kappa shape index (κ3) is 8.60. The molecule has 0 unspecified atom stereocenters. The van der Waals surface area contributed by atoms with Gasteiger partial charge in [-0.3, -0.25) is 29.1 Å². The fraction of sp³-hybridized carbons (Fsp3) is 0.326. The van der Waals surface area contributed by atoms with E-state index in [1.165, 1.54) is 12.1 Å². The normalized spacial score (nSPS) is 11.6. The van der Waals surface area contributed by atoms with Crippen LogP contribution in [0.3, 0.4) is 0 Å². The van der Waals surface area contributed by atoms with Crippen LogP contribution in [-0.2, 0) is 35.7 Å². The van der Waals surface area contributed by atoms with E-state index >= 15 is 0 Å². The van der Waals surface area contributed by atoms with Gasteiger partial charge in [0, 0.05) is 80.8 Å². The number of carbonyl (C=O) groups excluding carboxylic acids is 4. The highest BCUT2D eigenvalue weighted by atomic mass is 16.5. The molecule has 5 aromatic heterocycles. The zero-order valence-corrected chi connectivity index (χ0v) is 35.2. The van der Waals surface area contributed by atoms with Crippen molar-refractivity contribution >= 4 is 62.9 Å². The van der Waals surface area contributed by atoms with Crippen LogP contribution < -0.4 is 26.3 Å². The minimum Gasteiger partial charge on any atom is -0.491 e. The Bertz CT molecular complexity index is 2870. The van der Waals surface area contributed by atoms with E-state index in [1.54, 1.807) is 47.7 Å². The topological polar surface area (TPSA) is 244 Å². The number of hydrogen-bond acceptors (Lipinski definition) is 12. The van der Waals surface area contributed by atoms with Gasteiger partial charge in [0.15, 0.2) is 5.82 Å². The summed E-state index contributed by atoms with van der Waals surface area (Å²) in [6.07, 6.45) is 6.97. The molecule has 0 aliphatic carbocycles. The Morgan fingerprint density at radius 1 is 0.774 bits per heavy atom. The zero-order valence-electron chi connectivity index (χ0n) is 35.2. The first-order valence-corrected chi connectivity index (χ1v) is 20.2. The number of anilines is 1. The first-order valence-electron chi connectivity index (χ1n) is 20.2. The lowest BCUT2D eigenvalue weighted by molar-refractivity contribution is -0.108. The Kier molecular flexibility index (Phi) is 12.7. The Balaban J connectivity index is 1.35. The second-order valence-electron chi connectivity index (χ2n) is 14.4. The molecule has 5 N–H and O–H groups in total. The number of imidazole rings is 1. The van der Waals surface area contributed by atoms with Gasteiger partial charge in [-0.2, -0.15) is 10.2 Å². The average molecular weight is 845 g/mol. The number of aldehydes is 1. The Hall–Kier alpha value is -7.41. The van der Waals surface area contributed by atoms with Crippen molar-refractivity contribution in [2.45, 2.75) is 66.7 Å². The van der Waals surface area contributed by atoms with E-state index < -0.39 is 17.7 Å². The average Bonchev–Trinajstić information content (AvgIpc) is 4.01. The highest BCUT2D eigenvalue weighted by Crippen LogP contribution is 2.37. The van der Waals surface area contributed by atoms with Gasteiger partial charge in [0.2, 0.25) is 17.8 Å². The van der Waals surface area contributed by atoms with Crippen LogP contribution in [0.4, 0.5) is 5.95 Å². The summed E-state index contributed by atoms with van der Waals surface area (Å²) in [4.78, 5) is 64.6. The summed E-state index contributed by atoms with van der Waals surface area (Å²) in [5.74, 6) is -0.440. The second kappa shape index (κ2) is 18.5. The monoisotopic (exact) mass is 844 g/mol. The number of nitrogens with one attached hydrogen (secondary N) is 1. The second-order valence-corrected chi connectivity index (χ2v) is 14.4. The number of nitrogens with two attached hydrogens (primary N) is 2. The van der Waals surface area contributed by atoms with E-state index in [0.29, 0.717) is 88.7 Å². The van der Waals surface area contributed by atoms with Crippen molar-refractivity contribution in [2.24, 2.45) is 11.5 Å². The molecule has 0 aliphatic heterocycles. The smallest absolute Gasteiger partial charge is 0.276 e. The Labute approximate surface area is 355 Å². The SMILES string of the molecule is CCn1nc(C)cc1C(=O)Nc1nc2cc(C(N)=O)cc(OCCC=O)c2n1CC=CCn1c2nc(-c3cc(C)nn3CC)ncc2c2cc(C(N)=O)cc(OCCCOC)c21. The van der Waals surface area contributed by atoms with Gasteiger partial charge < -0.3 is 39.6 Å². The van der Waals surface area contributed by atoms with E-state index in [-0.39, 0.29) is 48.9 Å². The van der Waals surface area contributed by atoms with Gasteiger partial charge in [0.25, 0.3) is 5.91 Å². The molecule has 0 saturated carbocycles. The summed E-state index contributed by atoms with van der Waals surface area (Å²) in [6, 6.07) is 9.98. The van der Waals surface area contributed by atoms with Crippen molar-refractivity contribution in [3.8, 4) is 23.0 Å². The predicted octanol–water partition coefficient (Wildman–Crippen LogP) is 4.74. The fourth-order valence-corrected chi connectivity index (χ4v) is 7.34. The number of aryl methyl sites for hydroxylation is 4. The Morgan fingerprint density at radius 2 is 1.44 bits per heavy atom. The van der Waals surface area contributed by atoms with Crippen molar-refractivity contribution in [1.29, 1.82) is 0 Å². The molecule has 2 aromatic carbocycles. The number of primary amides is 2. The van der Waals surface area contributed by atoms with Crippen LogP contribution in [0.15, 0.2) is 54.7 Å². The summed E-state index contributed by atoms with van der Waals surface area (Å²) < 4.78 is 24.7. The standard InChI is InChI=1S/C43H48N12O7/c1-6-54-32(18-25(3)50-54)40-46-24-30-29-20-27(38(44)57)22-34(62-17-11-15-60-5)36(29)52(41(30)48-40)12-8-9-13-53-37-31(21-28(39(45)58)23-35(37)61-16-10-14-56)47-43(53)49-42(59)33-19-26(4)51-55(33)7-2/h8-9,14,18-24H,6-7,10-13,15-17H2,1-5H3,(H2,44,57)(H2,45,58)(H,47,49,59). The summed E-state index contributed by atoms with van der Waals surface area (Å²) in [6.45, 7) is 9.91. The molecule has 7 aromatic rings. The molecule has 19 heteroatoms. The number of methoxy groups -OCH3 is 1. The van der Waals surface area contributed by atoms with Crippen LogP contribution in [0, 0.1) is 13.8 Å². The number of benzene rings is 2. The maximum Gasteiger partial charge on any atom is 0.276 e. The number of nitrogens with zero attached hydrogens (tertiary/aromatic N) is 9. The van der Waals surface area contributed by atoms with Crippen molar-refractivity contribution in [1.82, 2.24) is 43.6 Å². The first kappa shape index (κ1) is 42.7. The zero-order chi connectivity index (χ0) is 44.1. The number of carbonyl (C=O) groups is 4. The van der Waals surface area contributed by atoms with E-state index in [2.05, 4.69) is 15.5 Å². The van der Waals surface area contributed by atoms with Crippen LogP contribution in [0.1, 0.15) is 69.3 Å². The quantitative estimate of drug-likeness (QED) is 0.0535. The van der Waals surface area contributed by atoms with E-state index in [1.807, 2.05) is 48.2 Å². The third-order valence-electron chi connectivity index (χ3n) is 10.1. The molecule has 0 radical (unpaired) electrons. The van der Waals surface area contributed by atoms with E-state index in [4.69, 9.17) is 40.6 Å². The maximum absolute atomic E-state index is 13.8. The van der Waals surface area contributed by atoms with Crippen LogP contribution in [0.5, 0.6) is 11.5 Å². The molecule has 62 heavy (non-hydrogen) atoms. The number of allylic oxidation sites excluding steroid dienone is 2. The lowest BCUT2D eigenvalue weighted by Crippen LogP contribution is -2.20. The van der Waals surface area contributed by atoms with E-state index in [0.717, 1.165) is 17.7 Å². The van der Waals surface area contributed by atoms with Crippen LogP contribution >= 0.6 is 0 Å². The number of ether oxygens (including phenoxy) is 3. The number of rotatable bonds is 20. The van der Waals surface area contributed by atoms with Gasteiger partial charge in [0.1, 0.15) is 40.3 Å². The van der Waals surface area contributed by atoms with Gasteiger partial charge in [-0.25, -0.2) is 15.0 Å². The highest BCUT2D eigenvalue weighted by molar-refractivity contribution is 6.12. The molecule has 7 rings (SSSR count). The van der Waals surface area contributed by atoms with Crippen molar-refractivity contribution in [3.05, 3.63) is 83.0 Å². The molecular formula is C43H48N12O7. The molecule has 322 valence electrons. The summed E-state index contributed by atoms with van der Waals surface area (Å²) in [5, 5.41) is 13.3. The molecule has 0 spiro atoms. The molecule has 0 aliphatic rings. The number of aromatic nitrogens is 9. The highest BCUT2D eigenvalue weighted by Gasteiger charge is 2.23. The lowest BCUT2D eigenvalue weighted by atomic mass is 10.1. The minimum absolute atomic E-state index is 0.0298. The summed E-state index contributed by atoms with van der Waals surface area (Å²) in [7, 11) is 1.62. The van der Waals surface area contributed by atoms with Crippen LogP contribution in [-0.4, -0.2) is 94.6 Å². The maximum atomic E-state index is 13.8. The van der Waals surface area contributed by atoms with Gasteiger partial charge in [-0.15, -0.1) is 0 Å². The molecule has 0 fully saturated rings. The predicted molar refractivity (Wildman–Crippen MR) is 231 cm³/mol. The van der Waals surface area contributed by atoms with E-state index in [9.17, 15) is 19.2 Å². The van der Waals surface area contributed by atoms with Crippen molar-refractivity contribution in [3.63, 3.8) is 0 Å². The molecule has 5 heterocycles. The number of amides is 3. The van der Waals surface area contributed by atoms with Crippen LogP contribution in [0.25, 0.3) is 44.5 Å². The number of fused-ring (bicyclic) bond motifs is 4. The molecule has 0 atom stereocenters. The molecule has 19 nitrogen and oxygen atoms in total. The van der Waals surface area contributed by atoms with Crippen LogP contribution in [0.2, 0.25) is 0 Å². The minimum atomic E-state index is -0.702. The first-order chi connectivity index (χ1) is 30.0. The van der Waals surface area contributed by atoms with Gasteiger partial charge in [-0.1, -0.05) is 12.2 Å². The fourth-order valence-electron chi connectivity index (χ4n) is 7.34. The van der Waals surface area contributed by atoms with Gasteiger partial charge in [0.05, 0.1) is 35.6 Å². The largest absolute Gasteiger partial charge is 0.491 e. The Morgan fingerprint density at radius 3 is 2.13 bits per heavy atom. The van der Waals surface area contributed by atoms with Crippen molar-refractivity contribution < 1.29 is 33.4 Å². The van der Waals surface area contributed by atoms with Gasteiger partial charge >= 0.3 is 0 Å². The van der Waals surface area contributed by atoms with Gasteiger partial charge in [-0.05, 0) is 64.1 Å². The lowest BCUT2D eigenvalue weighted by Gasteiger charge is -2.13. The molecule has 0 saturated heterocycles. The summed E-state index contributed by atoms with van der Waals surface area (Å²) in [5.41, 5.74) is 16.5. The van der Waals surface area contributed by atoms with Crippen molar-refractivity contribution in [2.75, 3.05) is 32.2 Å². The molecular weight excluding hydrogens is 797 g/mol. The molecule has 0 bridgehead atoms. The molecule has 3 amide bonds.